The van der Waals surface area contributed by atoms with Crippen molar-refractivity contribution >= 4 is 0 Å². The number of hydrogen-bond donors (Lipinski definition) is 2. The molecule has 2 aliphatic rings. The van der Waals surface area contributed by atoms with Crippen LogP contribution in [0.25, 0.3) is 0 Å². The van der Waals surface area contributed by atoms with Crippen molar-refractivity contribution < 1.29 is 9.84 Å². The summed E-state index contributed by atoms with van der Waals surface area (Å²) in [7, 11) is 0. The average molecular weight is 256 g/mol. The van der Waals surface area contributed by atoms with Crippen LogP contribution in [0.2, 0.25) is 0 Å². The molecule has 3 atom stereocenters. The van der Waals surface area contributed by atoms with Crippen LogP contribution in [0.3, 0.4) is 0 Å². The largest absolute Gasteiger partial charge is 0.389 e. The van der Waals surface area contributed by atoms with Gasteiger partial charge in [-0.2, -0.15) is 0 Å². The average Bonchev–Trinajstić information content (AvgIpc) is 2.95. The summed E-state index contributed by atoms with van der Waals surface area (Å²) >= 11 is 0. The number of nitrogens with zero attached hydrogens (tertiary/aromatic N) is 1. The van der Waals surface area contributed by atoms with E-state index in [4.69, 9.17) is 4.74 Å². The zero-order valence-electron chi connectivity index (χ0n) is 11.8. The number of nitrogens with one attached hydrogen (secondary N) is 1. The lowest BCUT2D eigenvalue weighted by Gasteiger charge is -2.31. The van der Waals surface area contributed by atoms with Crippen LogP contribution in [-0.2, 0) is 4.74 Å². The first-order chi connectivity index (χ1) is 8.66. The van der Waals surface area contributed by atoms with Crippen LogP contribution in [0.15, 0.2) is 0 Å². The number of β-amino-alcohol motifs (C(OH)–C–C–N with tert-alkyl or cyclic N) is 1. The van der Waals surface area contributed by atoms with Gasteiger partial charge >= 0.3 is 0 Å². The fraction of sp³-hybridized carbons (Fsp3) is 1.00. The van der Waals surface area contributed by atoms with Crippen LogP contribution in [0.4, 0.5) is 0 Å². The maximum atomic E-state index is 10.0. The minimum Gasteiger partial charge on any atom is -0.389 e. The maximum absolute atomic E-state index is 10.0. The van der Waals surface area contributed by atoms with Gasteiger partial charge in [0.15, 0.2) is 0 Å². The van der Waals surface area contributed by atoms with Crippen LogP contribution in [-0.4, -0.2) is 60.5 Å². The summed E-state index contributed by atoms with van der Waals surface area (Å²) in [6, 6.07) is 1.27. The van der Waals surface area contributed by atoms with Crippen LogP contribution in [0.5, 0.6) is 0 Å². The van der Waals surface area contributed by atoms with Crippen molar-refractivity contribution in [1.29, 1.82) is 0 Å². The fourth-order valence-corrected chi connectivity index (χ4v) is 3.20. The third kappa shape index (κ3) is 3.92. The summed E-state index contributed by atoms with van der Waals surface area (Å²) in [6.07, 6.45) is 4.98. The Bertz CT molecular complexity index is 242. The highest BCUT2D eigenvalue weighted by molar-refractivity contribution is 4.92. The van der Waals surface area contributed by atoms with E-state index >= 15 is 0 Å². The lowest BCUT2D eigenvalue weighted by atomic mass is 10.0. The first-order valence-electron chi connectivity index (χ1n) is 7.44. The van der Waals surface area contributed by atoms with Crippen LogP contribution >= 0.6 is 0 Å². The molecule has 0 aromatic carbocycles. The molecule has 0 spiro atoms. The van der Waals surface area contributed by atoms with Crippen molar-refractivity contribution in [3.05, 3.63) is 0 Å². The first-order valence-corrected chi connectivity index (χ1v) is 7.44. The second-order valence-corrected chi connectivity index (χ2v) is 5.94. The third-order valence-corrected chi connectivity index (χ3v) is 4.04. The van der Waals surface area contributed by atoms with Gasteiger partial charge < -0.3 is 15.2 Å². The summed E-state index contributed by atoms with van der Waals surface area (Å²) in [5.41, 5.74) is 0. The Morgan fingerprint density at radius 2 is 2.17 bits per heavy atom. The topological polar surface area (TPSA) is 44.7 Å². The van der Waals surface area contributed by atoms with E-state index in [0.717, 1.165) is 19.6 Å². The molecule has 0 aliphatic carbocycles. The zero-order valence-corrected chi connectivity index (χ0v) is 11.8. The van der Waals surface area contributed by atoms with E-state index in [2.05, 4.69) is 10.2 Å². The normalized spacial score (nSPS) is 31.3. The van der Waals surface area contributed by atoms with Crippen LogP contribution in [0, 0.1) is 0 Å². The summed E-state index contributed by atoms with van der Waals surface area (Å²) in [5, 5.41) is 13.6. The molecule has 106 valence electrons. The van der Waals surface area contributed by atoms with Crippen molar-refractivity contribution in [2.24, 2.45) is 0 Å². The molecule has 0 aromatic rings. The molecule has 2 N–H and O–H groups in total. The molecule has 2 aliphatic heterocycles. The van der Waals surface area contributed by atoms with Gasteiger partial charge in [0.25, 0.3) is 0 Å². The minimum absolute atomic E-state index is 0.200. The number of aliphatic hydroxyl groups excluding tert-OH is 1. The fourth-order valence-electron chi connectivity index (χ4n) is 3.20. The molecule has 3 unspecified atom stereocenters. The number of hydrogen-bond acceptors (Lipinski definition) is 4. The Morgan fingerprint density at radius 1 is 1.33 bits per heavy atom. The van der Waals surface area contributed by atoms with Gasteiger partial charge in [-0.3, -0.25) is 4.90 Å². The van der Waals surface area contributed by atoms with Gasteiger partial charge in [0, 0.05) is 18.6 Å². The third-order valence-electron chi connectivity index (χ3n) is 4.04. The Balaban J connectivity index is 1.76. The summed E-state index contributed by atoms with van der Waals surface area (Å²) in [5.74, 6) is 0. The highest BCUT2D eigenvalue weighted by Crippen LogP contribution is 2.24. The molecule has 2 rings (SSSR count). The maximum Gasteiger partial charge on any atom is 0.0900 e. The molecular formula is C14H28N2O2. The van der Waals surface area contributed by atoms with Gasteiger partial charge in [-0.15, -0.1) is 0 Å². The van der Waals surface area contributed by atoms with Gasteiger partial charge in [-0.1, -0.05) is 0 Å². The van der Waals surface area contributed by atoms with E-state index in [1.165, 1.54) is 25.7 Å². The molecule has 0 bridgehead atoms. The summed E-state index contributed by atoms with van der Waals surface area (Å²) < 4.78 is 5.48. The molecule has 4 nitrogen and oxygen atoms in total. The van der Waals surface area contributed by atoms with Gasteiger partial charge in [0.05, 0.1) is 18.8 Å². The van der Waals surface area contributed by atoms with Crippen LogP contribution in [0.1, 0.15) is 39.5 Å². The number of rotatable bonds is 6. The van der Waals surface area contributed by atoms with E-state index in [1.807, 2.05) is 13.8 Å². The molecule has 4 heteroatoms. The van der Waals surface area contributed by atoms with Crippen molar-refractivity contribution in [3.8, 4) is 0 Å². The highest BCUT2D eigenvalue weighted by atomic mass is 16.5. The second kappa shape index (κ2) is 6.85. The zero-order chi connectivity index (χ0) is 13.0. The molecule has 0 radical (unpaired) electrons. The monoisotopic (exact) mass is 256 g/mol. The van der Waals surface area contributed by atoms with Gasteiger partial charge in [0.1, 0.15) is 0 Å². The highest BCUT2D eigenvalue weighted by Gasteiger charge is 2.33. The predicted octanol–water partition coefficient (Wildman–Crippen LogP) is 0.989. The van der Waals surface area contributed by atoms with Gasteiger partial charge in [-0.05, 0) is 52.6 Å². The summed E-state index contributed by atoms with van der Waals surface area (Å²) in [6.45, 7) is 7.52. The Hall–Kier alpha value is -0.160. The number of likely N-dealkylation sites (tertiary alicyclic amines) is 1. The Kier molecular flexibility index (Phi) is 5.42. The Labute approximate surface area is 111 Å². The van der Waals surface area contributed by atoms with E-state index in [-0.39, 0.29) is 12.2 Å². The Morgan fingerprint density at radius 3 is 2.83 bits per heavy atom. The van der Waals surface area contributed by atoms with E-state index in [0.29, 0.717) is 18.7 Å². The van der Waals surface area contributed by atoms with Crippen molar-refractivity contribution in [2.75, 3.05) is 26.2 Å². The molecule has 0 saturated carbocycles. The smallest absolute Gasteiger partial charge is 0.0900 e. The molecule has 2 heterocycles. The lowest BCUT2D eigenvalue weighted by molar-refractivity contribution is -0.0114. The molecule has 0 amide bonds. The minimum atomic E-state index is -0.352. The molecule has 0 aromatic heterocycles. The molecule has 2 fully saturated rings. The van der Waals surface area contributed by atoms with Crippen molar-refractivity contribution in [3.63, 3.8) is 0 Å². The standard InChI is InChI=1S/C14H28N2O2/c1-11(2)18-10-12(17)9-16-8-4-6-14(16)13-5-3-7-15-13/h11-15,17H,3-10H2,1-2H3. The number of aliphatic hydroxyl groups is 1. The van der Waals surface area contributed by atoms with Crippen molar-refractivity contribution in [2.45, 2.75) is 63.8 Å². The van der Waals surface area contributed by atoms with E-state index in [1.54, 1.807) is 0 Å². The van der Waals surface area contributed by atoms with E-state index in [9.17, 15) is 5.11 Å². The van der Waals surface area contributed by atoms with E-state index < -0.39 is 0 Å². The quantitative estimate of drug-likeness (QED) is 0.744. The van der Waals surface area contributed by atoms with Crippen molar-refractivity contribution in [1.82, 2.24) is 10.2 Å². The second-order valence-electron chi connectivity index (χ2n) is 5.94. The van der Waals surface area contributed by atoms with Gasteiger partial charge in [0.2, 0.25) is 0 Å². The molecular weight excluding hydrogens is 228 g/mol. The molecule has 18 heavy (non-hydrogen) atoms. The van der Waals surface area contributed by atoms with Gasteiger partial charge in [-0.25, -0.2) is 0 Å². The lowest BCUT2D eigenvalue weighted by Crippen LogP contribution is -2.47. The predicted molar refractivity (Wildman–Crippen MR) is 72.7 cm³/mol. The SMILES string of the molecule is CC(C)OCC(O)CN1CCCC1C1CCCN1. The number of ether oxygens (including phenoxy) is 1. The van der Waals surface area contributed by atoms with Crippen LogP contribution < -0.4 is 5.32 Å². The first kappa shape index (κ1) is 14.3. The molecule has 2 saturated heterocycles. The summed E-state index contributed by atoms with van der Waals surface area (Å²) in [4.78, 5) is 2.46.